The first kappa shape index (κ1) is 11.6. The van der Waals surface area contributed by atoms with E-state index in [0.29, 0.717) is 11.3 Å². The Kier molecular flexibility index (Phi) is 3.03. The highest BCUT2D eigenvalue weighted by Crippen LogP contribution is 2.19. The lowest BCUT2D eigenvalue weighted by Crippen LogP contribution is -2.12. The lowest BCUT2D eigenvalue weighted by atomic mass is 9.97. The summed E-state index contributed by atoms with van der Waals surface area (Å²) in [5.74, 6) is -0.264. The molecule has 3 heteroatoms. The number of carbonyl (C=O) groups excluding carboxylic acids is 2. The van der Waals surface area contributed by atoms with Gasteiger partial charge in [-0.3, -0.25) is 9.59 Å². The van der Waals surface area contributed by atoms with Gasteiger partial charge < -0.3 is 0 Å². The molecule has 0 bridgehead atoms. The van der Waals surface area contributed by atoms with Gasteiger partial charge >= 0.3 is 0 Å². The molecular weight excluding hydrogens is 190 g/mol. The van der Waals surface area contributed by atoms with Gasteiger partial charge in [0.15, 0.2) is 11.6 Å². The number of Topliss-reactive ketones (excluding diaryl/α,β-unsaturated/α-hetero) is 2. The van der Waals surface area contributed by atoms with Gasteiger partial charge in [-0.05, 0) is 38.8 Å². The Morgan fingerprint density at radius 1 is 0.933 bits per heavy atom. The van der Waals surface area contributed by atoms with Crippen LogP contribution in [0.1, 0.15) is 51.5 Å². The molecule has 0 N–H and O–H groups in total. The number of aromatic nitrogens is 1. The maximum absolute atomic E-state index is 11.5. The summed E-state index contributed by atoms with van der Waals surface area (Å²) in [6, 6.07) is 0. The normalized spacial score (nSPS) is 10.2. The first-order valence-electron chi connectivity index (χ1n) is 4.86. The Morgan fingerprint density at radius 2 is 1.47 bits per heavy atom. The van der Waals surface area contributed by atoms with Crippen LogP contribution in [0.4, 0.5) is 0 Å². The second-order valence-electron chi connectivity index (χ2n) is 3.78. The van der Waals surface area contributed by atoms with E-state index in [1.54, 1.807) is 0 Å². The van der Waals surface area contributed by atoms with Crippen LogP contribution < -0.4 is 0 Å². The number of ketones is 2. The van der Waals surface area contributed by atoms with Crippen LogP contribution in [-0.4, -0.2) is 16.6 Å². The summed E-state index contributed by atoms with van der Waals surface area (Å²) in [7, 11) is 0. The first-order valence-corrected chi connectivity index (χ1v) is 4.86. The van der Waals surface area contributed by atoms with Crippen LogP contribution >= 0.6 is 0 Å². The van der Waals surface area contributed by atoms with E-state index in [9.17, 15) is 9.59 Å². The van der Waals surface area contributed by atoms with E-state index in [-0.39, 0.29) is 11.6 Å². The standard InChI is InChI=1S/C12H15NO2/c1-6-7(2)11(9(4)14)12(10(5)15)13-8(6)3/h1-5H3. The van der Waals surface area contributed by atoms with Crippen LogP contribution in [0.15, 0.2) is 0 Å². The summed E-state index contributed by atoms with van der Waals surface area (Å²) in [4.78, 5) is 27.0. The predicted octanol–water partition coefficient (Wildman–Crippen LogP) is 2.41. The smallest absolute Gasteiger partial charge is 0.178 e. The molecule has 80 valence electrons. The van der Waals surface area contributed by atoms with E-state index in [4.69, 9.17) is 0 Å². The zero-order valence-corrected chi connectivity index (χ0v) is 9.76. The molecule has 1 aromatic heterocycles. The fourth-order valence-corrected chi connectivity index (χ4v) is 1.63. The number of hydrogen-bond donors (Lipinski definition) is 0. The number of rotatable bonds is 2. The molecule has 0 saturated heterocycles. The maximum atomic E-state index is 11.5. The quantitative estimate of drug-likeness (QED) is 0.696. The van der Waals surface area contributed by atoms with Gasteiger partial charge in [-0.1, -0.05) is 0 Å². The van der Waals surface area contributed by atoms with Gasteiger partial charge in [0.25, 0.3) is 0 Å². The highest BCUT2D eigenvalue weighted by Gasteiger charge is 2.18. The van der Waals surface area contributed by atoms with Crippen molar-refractivity contribution in [3.8, 4) is 0 Å². The van der Waals surface area contributed by atoms with E-state index in [0.717, 1.165) is 16.8 Å². The molecular formula is C12H15NO2. The zero-order valence-electron chi connectivity index (χ0n) is 9.76. The van der Waals surface area contributed by atoms with Crippen molar-refractivity contribution in [3.63, 3.8) is 0 Å². The van der Waals surface area contributed by atoms with Gasteiger partial charge in [0.2, 0.25) is 0 Å². The van der Waals surface area contributed by atoms with Crippen molar-refractivity contribution in [1.82, 2.24) is 4.98 Å². The van der Waals surface area contributed by atoms with Gasteiger partial charge in [0, 0.05) is 18.2 Å². The average molecular weight is 205 g/mol. The molecule has 15 heavy (non-hydrogen) atoms. The van der Waals surface area contributed by atoms with Crippen molar-refractivity contribution in [2.24, 2.45) is 0 Å². The highest BCUT2D eigenvalue weighted by atomic mass is 16.1. The van der Waals surface area contributed by atoms with Crippen LogP contribution in [0.3, 0.4) is 0 Å². The average Bonchev–Trinajstić information content (AvgIpc) is 2.12. The minimum atomic E-state index is -0.161. The van der Waals surface area contributed by atoms with Gasteiger partial charge in [-0.15, -0.1) is 0 Å². The molecule has 0 amide bonds. The molecule has 0 aliphatic rings. The molecule has 1 aromatic rings. The minimum absolute atomic E-state index is 0.103. The van der Waals surface area contributed by atoms with Crippen molar-refractivity contribution in [1.29, 1.82) is 0 Å². The minimum Gasteiger partial charge on any atom is -0.294 e. The summed E-state index contributed by atoms with van der Waals surface area (Å²) in [6.45, 7) is 8.51. The van der Waals surface area contributed by atoms with Gasteiger partial charge in [0.1, 0.15) is 5.69 Å². The number of hydrogen-bond acceptors (Lipinski definition) is 3. The highest BCUT2D eigenvalue weighted by molar-refractivity contribution is 6.07. The van der Waals surface area contributed by atoms with Crippen molar-refractivity contribution in [3.05, 3.63) is 28.1 Å². The van der Waals surface area contributed by atoms with Crippen LogP contribution in [0, 0.1) is 20.8 Å². The van der Waals surface area contributed by atoms with Crippen LogP contribution in [0.5, 0.6) is 0 Å². The topological polar surface area (TPSA) is 47.0 Å². The van der Waals surface area contributed by atoms with Crippen molar-refractivity contribution >= 4 is 11.6 Å². The molecule has 0 atom stereocenters. The predicted molar refractivity (Wildman–Crippen MR) is 58.5 cm³/mol. The van der Waals surface area contributed by atoms with E-state index in [1.807, 2.05) is 20.8 Å². The molecule has 0 saturated carbocycles. The molecule has 0 aliphatic heterocycles. The number of aryl methyl sites for hydroxylation is 1. The molecule has 0 aliphatic carbocycles. The molecule has 0 unspecified atom stereocenters. The Labute approximate surface area is 89.5 Å². The Hall–Kier alpha value is -1.51. The molecule has 0 aromatic carbocycles. The van der Waals surface area contributed by atoms with Crippen LogP contribution in [0.2, 0.25) is 0 Å². The summed E-state index contributed by atoms with van der Waals surface area (Å²) in [5, 5.41) is 0. The number of nitrogens with zero attached hydrogens (tertiary/aromatic N) is 1. The molecule has 0 spiro atoms. The lowest BCUT2D eigenvalue weighted by Gasteiger charge is -2.12. The third-order valence-electron chi connectivity index (χ3n) is 2.68. The molecule has 3 nitrogen and oxygen atoms in total. The van der Waals surface area contributed by atoms with Gasteiger partial charge in [-0.2, -0.15) is 0 Å². The maximum Gasteiger partial charge on any atom is 0.178 e. The molecule has 1 heterocycles. The van der Waals surface area contributed by atoms with E-state index in [2.05, 4.69) is 4.98 Å². The second-order valence-corrected chi connectivity index (χ2v) is 3.78. The van der Waals surface area contributed by atoms with E-state index >= 15 is 0 Å². The van der Waals surface area contributed by atoms with Crippen LogP contribution in [0.25, 0.3) is 0 Å². The van der Waals surface area contributed by atoms with Crippen LogP contribution in [-0.2, 0) is 0 Å². The second kappa shape index (κ2) is 3.93. The van der Waals surface area contributed by atoms with Crippen molar-refractivity contribution in [2.75, 3.05) is 0 Å². The summed E-state index contributed by atoms with van der Waals surface area (Å²) in [5.41, 5.74) is 3.40. The third kappa shape index (κ3) is 1.96. The zero-order chi connectivity index (χ0) is 11.7. The third-order valence-corrected chi connectivity index (χ3v) is 2.68. The van der Waals surface area contributed by atoms with Crippen molar-refractivity contribution < 1.29 is 9.59 Å². The Bertz CT molecular complexity index is 447. The van der Waals surface area contributed by atoms with Crippen molar-refractivity contribution in [2.45, 2.75) is 34.6 Å². The van der Waals surface area contributed by atoms with Gasteiger partial charge in [0.05, 0.1) is 0 Å². The van der Waals surface area contributed by atoms with E-state index < -0.39 is 0 Å². The number of carbonyl (C=O) groups is 2. The fraction of sp³-hybridized carbons (Fsp3) is 0.417. The lowest BCUT2D eigenvalue weighted by molar-refractivity contribution is 0.0976. The Balaban J connectivity index is 3.65. The first-order chi connectivity index (χ1) is 6.86. The summed E-state index contributed by atoms with van der Waals surface area (Å²) in [6.07, 6.45) is 0. The largest absolute Gasteiger partial charge is 0.294 e. The fourth-order valence-electron chi connectivity index (χ4n) is 1.63. The molecule has 1 rings (SSSR count). The number of pyridine rings is 1. The molecule has 0 fully saturated rings. The molecule has 0 radical (unpaired) electrons. The monoisotopic (exact) mass is 205 g/mol. The summed E-state index contributed by atoms with van der Waals surface area (Å²) < 4.78 is 0. The SMILES string of the molecule is CC(=O)c1nc(C)c(C)c(C)c1C(C)=O. The van der Waals surface area contributed by atoms with E-state index in [1.165, 1.54) is 13.8 Å². The Morgan fingerprint density at radius 3 is 1.87 bits per heavy atom. The summed E-state index contributed by atoms with van der Waals surface area (Å²) >= 11 is 0. The van der Waals surface area contributed by atoms with Gasteiger partial charge in [-0.25, -0.2) is 4.98 Å².